The number of para-hydroxylation sites is 1. The van der Waals surface area contributed by atoms with Crippen molar-refractivity contribution in [1.82, 2.24) is 19.9 Å². The van der Waals surface area contributed by atoms with Crippen LogP contribution in [0.1, 0.15) is 146 Å². The van der Waals surface area contributed by atoms with Gasteiger partial charge in [0.05, 0.1) is 11.0 Å². The molecular weight excluding hydrogens is 550 g/mol. The van der Waals surface area contributed by atoms with Crippen LogP contribution < -0.4 is 11.1 Å². The van der Waals surface area contributed by atoms with E-state index in [2.05, 4.69) is 65.1 Å². The highest BCUT2D eigenvalue weighted by molar-refractivity contribution is 6.06. The molecule has 0 saturated heterocycles. The monoisotopic (exact) mass is 611 g/mol. The number of rotatable bonds is 24. The Morgan fingerprint density at radius 3 is 1.80 bits per heavy atom. The van der Waals surface area contributed by atoms with E-state index < -0.39 is 0 Å². The van der Waals surface area contributed by atoms with E-state index in [1.54, 1.807) is 0 Å². The Bertz CT molecular complexity index is 1370. The summed E-state index contributed by atoms with van der Waals surface area (Å²) in [7, 11) is 0. The van der Waals surface area contributed by atoms with Crippen LogP contribution in [0.2, 0.25) is 0 Å². The molecule has 0 fully saturated rings. The van der Waals surface area contributed by atoms with Crippen molar-refractivity contribution in [2.24, 2.45) is 0 Å². The molecule has 45 heavy (non-hydrogen) atoms. The van der Waals surface area contributed by atoms with Gasteiger partial charge in [-0.15, -0.1) is 0 Å². The molecule has 2 aromatic carbocycles. The minimum Gasteiger partial charge on any atom is -0.382 e. The molecule has 3 N–H and O–H groups in total. The SMILES string of the molecule is CCCCCCCCCCCCCCCCCCNCc1ccc(Cn2c(CCCC)nc3c(N)nc4ccccc4c32)cc1. The predicted molar refractivity (Wildman–Crippen MR) is 195 cm³/mol. The molecule has 0 aliphatic heterocycles. The number of nitrogens with two attached hydrogens (primary N) is 1. The van der Waals surface area contributed by atoms with Crippen LogP contribution in [0.4, 0.5) is 5.82 Å². The van der Waals surface area contributed by atoms with Crippen molar-refractivity contribution in [3.8, 4) is 0 Å². The fourth-order valence-corrected chi connectivity index (χ4v) is 6.58. The Morgan fingerprint density at radius 2 is 1.18 bits per heavy atom. The lowest BCUT2D eigenvalue weighted by Gasteiger charge is -2.12. The number of anilines is 1. The molecule has 0 aliphatic carbocycles. The zero-order chi connectivity index (χ0) is 31.5. The molecule has 5 heteroatoms. The first-order valence-electron chi connectivity index (χ1n) is 18.5. The topological polar surface area (TPSA) is 68.8 Å². The molecule has 5 nitrogen and oxygen atoms in total. The van der Waals surface area contributed by atoms with Gasteiger partial charge < -0.3 is 15.6 Å². The van der Waals surface area contributed by atoms with E-state index >= 15 is 0 Å². The molecule has 2 heterocycles. The number of imidazole rings is 1. The normalized spacial score (nSPS) is 11.7. The lowest BCUT2D eigenvalue weighted by Crippen LogP contribution is -2.14. The lowest BCUT2D eigenvalue weighted by molar-refractivity contribution is 0.525. The quantitative estimate of drug-likeness (QED) is 0.0773. The number of hydrogen-bond donors (Lipinski definition) is 2. The first-order valence-corrected chi connectivity index (χ1v) is 18.5. The summed E-state index contributed by atoms with van der Waals surface area (Å²) in [6.45, 7) is 7.35. The largest absolute Gasteiger partial charge is 0.382 e. The first-order chi connectivity index (χ1) is 22.2. The zero-order valence-corrected chi connectivity index (χ0v) is 28.6. The third-order valence-electron chi connectivity index (χ3n) is 9.34. The van der Waals surface area contributed by atoms with Crippen LogP contribution in [0.3, 0.4) is 0 Å². The van der Waals surface area contributed by atoms with Crippen LogP contribution >= 0.6 is 0 Å². The molecule has 0 aliphatic rings. The van der Waals surface area contributed by atoms with Crippen LogP contribution in [0, 0.1) is 0 Å². The minimum atomic E-state index is 0.519. The standard InChI is InChI=1S/C40H61N5/c1-3-5-7-8-9-10-11-12-13-14-15-16-17-18-19-22-30-42-31-33-26-28-34(29-27-33)32-45-37(25-6-4-2)44-38-39(45)35-23-20-21-24-36(35)43-40(38)41/h20-21,23-24,26-29,42H,3-19,22,25,30-32H2,1-2H3,(H2,41,43). The Morgan fingerprint density at radius 1 is 0.622 bits per heavy atom. The number of aryl methyl sites for hydroxylation is 1. The fourth-order valence-electron chi connectivity index (χ4n) is 6.58. The maximum absolute atomic E-state index is 6.39. The van der Waals surface area contributed by atoms with Gasteiger partial charge >= 0.3 is 0 Å². The Labute approximate surface area is 273 Å². The molecular formula is C40H61N5. The van der Waals surface area contributed by atoms with Gasteiger partial charge in [-0.3, -0.25) is 0 Å². The predicted octanol–water partition coefficient (Wildman–Crippen LogP) is 10.9. The number of fused-ring (bicyclic) bond motifs is 3. The van der Waals surface area contributed by atoms with E-state index in [0.29, 0.717) is 5.82 Å². The van der Waals surface area contributed by atoms with Crippen molar-refractivity contribution < 1.29 is 0 Å². The molecule has 0 spiro atoms. The Hall–Kier alpha value is -2.92. The smallest absolute Gasteiger partial charge is 0.152 e. The van der Waals surface area contributed by atoms with E-state index in [-0.39, 0.29) is 0 Å². The van der Waals surface area contributed by atoms with Crippen LogP contribution in [0.15, 0.2) is 48.5 Å². The number of benzene rings is 2. The number of aromatic nitrogens is 3. The molecule has 0 saturated carbocycles. The molecule has 0 unspecified atom stereocenters. The summed E-state index contributed by atoms with van der Waals surface area (Å²) in [5.74, 6) is 1.62. The molecule has 0 bridgehead atoms. The van der Waals surface area contributed by atoms with Crippen molar-refractivity contribution >= 4 is 27.8 Å². The lowest BCUT2D eigenvalue weighted by atomic mass is 10.0. The van der Waals surface area contributed by atoms with Crippen LogP contribution in [-0.4, -0.2) is 21.1 Å². The van der Waals surface area contributed by atoms with E-state index in [1.165, 1.54) is 114 Å². The van der Waals surface area contributed by atoms with Gasteiger partial charge in [0.2, 0.25) is 0 Å². The van der Waals surface area contributed by atoms with Gasteiger partial charge in [-0.2, -0.15) is 0 Å². The van der Waals surface area contributed by atoms with Gasteiger partial charge in [-0.05, 0) is 36.6 Å². The van der Waals surface area contributed by atoms with Crippen LogP contribution in [0.5, 0.6) is 0 Å². The van der Waals surface area contributed by atoms with Gasteiger partial charge in [-0.25, -0.2) is 9.97 Å². The summed E-state index contributed by atoms with van der Waals surface area (Å²) in [4.78, 5) is 9.63. The third kappa shape index (κ3) is 11.4. The van der Waals surface area contributed by atoms with Crippen molar-refractivity contribution in [3.05, 3.63) is 65.5 Å². The number of pyridine rings is 1. The second kappa shape index (κ2) is 20.3. The summed E-state index contributed by atoms with van der Waals surface area (Å²) in [5.41, 5.74) is 11.9. The third-order valence-corrected chi connectivity index (χ3v) is 9.34. The second-order valence-electron chi connectivity index (χ2n) is 13.2. The molecule has 0 atom stereocenters. The number of unbranched alkanes of at least 4 members (excludes halogenated alkanes) is 16. The summed E-state index contributed by atoms with van der Waals surface area (Å²) in [5, 5.41) is 4.78. The summed E-state index contributed by atoms with van der Waals surface area (Å²) < 4.78 is 2.37. The average molecular weight is 612 g/mol. The summed E-state index contributed by atoms with van der Waals surface area (Å²) >= 11 is 0. The van der Waals surface area contributed by atoms with E-state index in [0.717, 1.165) is 66.7 Å². The number of hydrogen-bond acceptors (Lipinski definition) is 4. The molecule has 4 rings (SSSR count). The van der Waals surface area contributed by atoms with Crippen molar-refractivity contribution in [2.75, 3.05) is 12.3 Å². The van der Waals surface area contributed by atoms with Crippen LogP contribution in [-0.2, 0) is 19.5 Å². The average Bonchev–Trinajstić information content (AvgIpc) is 3.42. The highest BCUT2D eigenvalue weighted by atomic mass is 15.1. The molecule has 4 aromatic rings. The fraction of sp³-hybridized carbons (Fsp3) is 0.600. The molecule has 0 radical (unpaired) electrons. The second-order valence-corrected chi connectivity index (χ2v) is 13.2. The Kier molecular flexibility index (Phi) is 15.7. The number of nitrogens with one attached hydrogen (secondary N) is 1. The van der Waals surface area contributed by atoms with Gasteiger partial charge in [0.25, 0.3) is 0 Å². The number of nitrogens with zero attached hydrogens (tertiary/aromatic N) is 3. The zero-order valence-electron chi connectivity index (χ0n) is 28.6. The summed E-state index contributed by atoms with van der Waals surface area (Å²) in [6.07, 6.45) is 25.9. The highest BCUT2D eigenvalue weighted by Gasteiger charge is 2.17. The van der Waals surface area contributed by atoms with Crippen LogP contribution in [0.25, 0.3) is 21.9 Å². The van der Waals surface area contributed by atoms with Gasteiger partial charge in [0, 0.05) is 24.9 Å². The van der Waals surface area contributed by atoms with Gasteiger partial charge in [0.1, 0.15) is 11.3 Å². The Balaban J connectivity index is 1.12. The van der Waals surface area contributed by atoms with E-state index in [4.69, 9.17) is 10.7 Å². The molecule has 2 aromatic heterocycles. The minimum absolute atomic E-state index is 0.519. The molecule has 0 amide bonds. The van der Waals surface area contributed by atoms with Crippen molar-refractivity contribution in [2.45, 2.75) is 149 Å². The van der Waals surface area contributed by atoms with E-state index in [1.807, 2.05) is 12.1 Å². The van der Waals surface area contributed by atoms with Crippen molar-refractivity contribution in [3.63, 3.8) is 0 Å². The highest BCUT2D eigenvalue weighted by Crippen LogP contribution is 2.30. The first kappa shape index (κ1) is 34.9. The number of nitrogen functional groups attached to an aromatic ring is 1. The molecule has 246 valence electrons. The van der Waals surface area contributed by atoms with E-state index in [9.17, 15) is 0 Å². The summed E-state index contributed by atoms with van der Waals surface area (Å²) in [6, 6.07) is 17.4. The van der Waals surface area contributed by atoms with Gasteiger partial charge in [0.15, 0.2) is 5.82 Å². The van der Waals surface area contributed by atoms with Gasteiger partial charge in [-0.1, -0.05) is 159 Å². The maximum Gasteiger partial charge on any atom is 0.152 e. The maximum atomic E-state index is 6.39. The van der Waals surface area contributed by atoms with Crippen molar-refractivity contribution in [1.29, 1.82) is 0 Å².